The van der Waals surface area contributed by atoms with E-state index in [2.05, 4.69) is 18.8 Å². The number of aromatic nitrogens is 1. The van der Waals surface area contributed by atoms with E-state index < -0.39 is 5.60 Å². The summed E-state index contributed by atoms with van der Waals surface area (Å²) in [7, 11) is 0. The van der Waals surface area contributed by atoms with Gasteiger partial charge in [-0.2, -0.15) is 0 Å². The zero-order chi connectivity index (χ0) is 17.3. The SMILES string of the molecule is CCC[C@H](C)N1CC2(CCN(C(=O)c3ncoc3C)CC2)OC1=O. The largest absolute Gasteiger partial charge is 0.448 e. The molecule has 2 fully saturated rings. The van der Waals surface area contributed by atoms with Crippen molar-refractivity contribution in [3.05, 3.63) is 17.8 Å². The number of piperidine rings is 1. The Kier molecular flexibility index (Phi) is 4.51. The number of oxazole rings is 1. The van der Waals surface area contributed by atoms with E-state index in [0.29, 0.717) is 43.9 Å². The minimum Gasteiger partial charge on any atom is -0.448 e. The van der Waals surface area contributed by atoms with Gasteiger partial charge in [0.25, 0.3) is 5.91 Å². The third kappa shape index (κ3) is 2.99. The van der Waals surface area contributed by atoms with Crippen molar-refractivity contribution in [2.45, 2.75) is 58.1 Å². The second-order valence-corrected chi connectivity index (χ2v) is 6.87. The van der Waals surface area contributed by atoms with Crippen molar-refractivity contribution in [1.29, 1.82) is 0 Å². The molecule has 2 amide bonds. The Morgan fingerprint density at radius 1 is 1.42 bits per heavy atom. The maximum absolute atomic E-state index is 12.5. The van der Waals surface area contributed by atoms with Crippen molar-refractivity contribution in [2.75, 3.05) is 19.6 Å². The van der Waals surface area contributed by atoms with E-state index in [9.17, 15) is 9.59 Å². The van der Waals surface area contributed by atoms with E-state index in [0.717, 1.165) is 12.8 Å². The lowest BCUT2D eigenvalue weighted by Crippen LogP contribution is -2.49. The highest BCUT2D eigenvalue weighted by Crippen LogP contribution is 2.35. The molecule has 0 aliphatic carbocycles. The molecule has 0 radical (unpaired) electrons. The van der Waals surface area contributed by atoms with Crippen LogP contribution in [0, 0.1) is 6.92 Å². The predicted octanol–water partition coefficient (Wildman–Crippen LogP) is 2.60. The zero-order valence-electron chi connectivity index (χ0n) is 14.6. The quantitative estimate of drug-likeness (QED) is 0.845. The van der Waals surface area contributed by atoms with Gasteiger partial charge in [-0.1, -0.05) is 13.3 Å². The number of ether oxygens (including phenoxy) is 1. The van der Waals surface area contributed by atoms with Crippen LogP contribution < -0.4 is 0 Å². The van der Waals surface area contributed by atoms with E-state index in [1.165, 1.54) is 6.39 Å². The molecular formula is C17H25N3O4. The first kappa shape index (κ1) is 16.8. The summed E-state index contributed by atoms with van der Waals surface area (Å²) >= 11 is 0. The summed E-state index contributed by atoms with van der Waals surface area (Å²) < 4.78 is 10.8. The van der Waals surface area contributed by atoms with Gasteiger partial charge in [-0.05, 0) is 20.3 Å². The topological polar surface area (TPSA) is 75.9 Å². The standard InChI is InChI=1S/C17H25N3O4/c1-4-5-12(2)20-10-17(24-16(20)22)6-8-19(9-7-17)15(21)14-13(3)23-11-18-14/h11-12H,4-10H2,1-3H3/t12-/m0/s1. The Morgan fingerprint density at radius 3 is 2.71 bits per heavy atom. The van der Waals surface area contributed by atoms with E-state index >= 15 is 0 Å². The Balaban J connectivity index is 1.62. The van der Waals surface area contributed by atoms with Gasteiger partial charge < -0.3 is 19.0 Å². The number of rotatable bonds is 4. The number of hydrogen-bond donors (Lipinski definition) is 0. The minimum absolute atomic E-state index is 0.114. The molecule has 3 heterocycles. The van der Waals surface area contributed by atoms with Crippen LogP contribution in [0.25, 0.3) is 0 Å². The van der Waals surface area contributed by atoms with Gasteiger partial charge in [0, 0.05) is 32.0 Å². The first-order valence-corrected chi connectivity index (χ1v) is 8.65. The summed E-state index contributed by atoms with van der Waals surface area (Å²) in [5.41, 5.74) is -0.0816. The van der Waals surface area contributed by atoms with Crippen LogP contribution in [0.1, 0.15) is 55.8 Å². The van der Waals surface area contributed by atoms with Crippen LogP contribution in [0.15, 0.2) is 10.8 Å². The summed E-state index contributed by atoms with van der Waals surface area (Å²) in [6, 6.07) is 0.194. The Labute approximate surface area is 141 Å². The lowest BCUT2D eigenvalue weighted by Gasteiger charge is -2.37. The summed E-state index contributed by atoms with van der Waals surface area (Å²) in [6.07, 6.45) is 4.41. The molecule has 3 rings (SSSR count). The summed E-state index contributed by atoms with van der Waals surface area (Å²) in [6.45, 7) is 7.66. The van der Waals surface area contributed by atoms with Gasteiger partial charge in [-0.25, -0.2) is 9.78 Å². The lowest BCUT2D eigenvalue weighted by molar-refractivity contribution is 0.00288. The van der Waals surface area contributed by atoms with Crippen molar-refractivity contribution < 1.29 is 18.7 Å². The van der Waals surface area contributed by atoms with Gasteiger partial charge >= 0.3 is 6.09 Å². The molecule has 7 nitrogen and oxygen atoms in total. The molecule has 2 aliphatic rings. The molecule has 0 saturated carbocycles. The highest BCUT2D eigenvalue weighted by atomic mass is 16.6. The fourth-order valence-electron chi connectivity index (χ4n) is 3.60. The van der Waals surface area contributed by atoms with Crippen molar-refractivity contribution >= 4 is 12.0 Å². The first-order chi connectivity index (χ1) is 11.5. The Bertz CT molecular complexity index is 619. The number of nitrogens with zero attached hydrogens (tertiary/aromatic N) is 3. The zero-order valence-corrected chi connectivity index (χ0v) is 14.6. The molecule has 1 atom stereocenters. The van der Waals surface area contributed by atoms with Crippen LogP contribution >= 0.6 is 0 Å². The number of likely N-dealkylation sites (tertiary alicyclic amines) is 1. The fraction of sp³-hybridized carbons (Fsp3) is 0.706. The van der Waals surface area contributed by atoms with Crippen molar-refractivity contribution in [3.63, 3.8) is 0 Å². The number of hydrogen-bond acceptors (Lipinski definition) is 5. The molecule has 24 heavy (non-hydrogen) atoms. The van der Waals surface area contributed by atoms with Gasteiger partial charge in [0.05, 0.1) is 6.54 Å². The van der Waals surface area contributed by atoms with Crippen LogP contribution in [-0.2, 0) is 4.74 Å². The number of aryl methyl sites for hydroxylation is 1. The number of carbonyl (C=O) groups excluding carboxylic acids is 2. The van der Waals surface area contributed by atoms with Crippen LogP contribution in [-0.4, -0.2) is 58.1 Å². The summed E-state index contributed by atoms with van der Waals surface area (Å²) in [4.78, 5) is 32.3. The number of carbonyl (C=O) groups is 2. The maximum Gasteiger partial charge on any atom is 0.410 e. The molecule has 7 heteroatoms. The number of amides is 2. The molecule has 0 aromatic carbocycles. The average molecular weight is 335 g/mol. The maximum atomic E-state index is 12.5. The minimum atomic E-state index is -0.450. The van der Waals surface area contributed by atoms with Crippen LogP contribution in [0.4, 0.5) is 4.79 Å². The van der Waals surface area contributed by atoms with Gasteiger partial charge in [0.1, 0.15) is 11.4 Å². The van der Waals surface area contributed by atoms with E-state index in [1.807, 2.05) is 4.90 Å². The van der Waals surface area contributed by atoms with E-state index in [-0.39, 0.29) is 18.0 Å². The van der Waals surface area contributed by atoms with Gasteiger partial charge in [0.2, 0.25) is 0 Å². The lowest BCUT2D eigenvalue weighted by atomic mass is 9.90. The molecular weight excluding hydrogens is 310 g/mol. The third-order valence-corrected chi connectivity index (χ3v) is 5.14. The molecule has 1 aromatic rings. The Morgan fingerprint density at radius 2 is 2.12 bits per heavy atom. The molecule has 2 aliphatic heterocycles. The van der Waals surface area contributed by atoms with E-state index in [1.54, 1.807) is 11.8 Å². The van der Waals surface area contributed by atoms with Crippen molar-refractivity contribution in [1.82, 2.24) is 14.8 Å². The molecule has 132 valence electrons. The van der Waals surface area contributed by atoms with E-state index in [4.69, 9.17) is 9.15 Å². The molecule has 0 unspecified atom stereocenters. The molecule has 2 saturated heterocycles. The van der Waals surface area contributed by atoms with Crippen LogP contribution in [0.5, 0.6) is 0 Å². The molecule has 0 bridgehead atoms. The predicted molar refractivity (Wildman–Crippen MR) is 86.7 cm³/mol. The van der Waals surface area contributed by atoms with Crippen molar-refractivity contribution in [3.8, 4) is 0 Å². The summed E-state index contributed by atoms with van der Waals surface area (Å²) in [5.74, 6) is 0.420. The van der Waals surface area contributed by atoms with Crippen LogP contribution in [0.3, 0.4) is 0 Å². The highest BCUT2D eigenvalue weighted by molar-refractivity contribution is 5.93. The smallest absolute Gasteiger partial charge is 0.410 e. The fourth-order valence-corrected chi connectivity index (χ4v) is 3.60. The second kappa shape index (κ2) is 6.45. The summed E-state index contributed by atoms with van der Waals surface area (Å²) in [5, 5.41) is 0. The van der Waals surface area contributed by atoms with Crippen LogP contribution in [0.2, 0.25) is 0 Å². The van der Waals surface area contributed by atoms with Gasteiger partial charge in [-0.15, -0.1) is 0 Å². The molecule has 1 aromatic heterocycles. The van der Waals surface area contributed by atoms with Gasteiger partial charge in [-0.3, -0.25) is 4.79 Å². The van der Waals surface area contributed by atoms with Gasteiger partial charge in [0.15, 0.2) is 12.1 Å². The molecule has 0 N–H and O–H groups in total. The average Bonchev–Trinajstić information content (AvgIpc) is 3.11. The third-order valence-electron chi connectivity index (χ3n) is 5.14. The monoisotopic (exact) mass is 335 g/mol. The first-order valence-electron chi connectivity index (χ1n) is 8.65. The van der Waals surface area contributed by atoms with Crippen molar-refractivity contribution in [2.24, 2.45) is 0 Å². The highest BCUT2D eigenvalue weighted by Gasteiger charge is 2.48. The normalized spacial score (nSPS) is 21.2. The Hall–Kier alpha value is -2.05. The molecule has 1 spiro atoms. The second-order valence-electron chi connectivity index (χ2n) is 6.87.